The van der Waals surface area contributed by atoms with E-state index in [4.69, 9.17) is 21.4 Å². The Morgan fingerprint density at radius 1 is 1.67 bits per heavy atom. The zero-order valence-electron chi connectivity index (χ0n) is 6.88. The zero-order valence-corrected chi connectivity index (χ0v) is 8.46. The third-order valence-corrected chi connectivity index (χ3v) is 3.48. The number of hydrogen-bond acceptors (Lipinski definition) is 3. The van der Waals surface area contributed by atoms with Crippen LogP contribution in [0.15, 0.2) is 11.6 Å². The van der Waals surface area contributed by atoms with Crippen LogP contribution in [0.3, 0.4) is 0 Å². The van der Waals surface area contributed by atoms with Crippen molar-refractivity contribution in [1.29, 1.82) is 0 Å². The molecule has 0 radical (unpaired) electrons. The SMILES string of the molecule is C=C(Cl)CSCC1(CO)COC1. The molecule has 0 aromatic rings. The van der Waals surface area contributed by atoms with E-state index in [1.165, 1.54) is 0 Å². The van der Waals surface area contributed by atoms with Gasteiger partial charge in [-0.1, -0.05) is 18.2 Å². The molecule has 0 unspecified atom stereocenters. The van der Waals surface area contributed by atoms with Crippen LogP contribution in [0.25, 0.3) is 0 Å². The largest absolute Gasteiger partial charge is 0.396 e. The van der Waals surface area contributed by atoms with E-state index in [1.807, 2.05) is 0 Å². The van der Waals surface area contributed by atoms with E-state index >= 15 is 0 Å². The van der Waals surface area contributed by atoms with Gasteiger partial charge in [-0.25, -0.2) is 0 Å². The fraction of sp³-hybridized carbons (Fsp3) is 0.750. The first-order valence-electron chi connectivity index (χ1n) is 3.78. The predicted octanol–water partition coefficient (Wildman–Crippen LogP) is 1.48. The van der Waals surface area contributed by atoms with Crippen molar-refractivity contribution in [2.24, 2.45) is 5.41 Å². The molecule has 70 valence electrons. The summed E-state index contributed by atoms with van der Waals surface area (Å²) in [7, 11) is 0. The smallest absolute Gasteiger partial charge is 0.0575 e. The summed E-state index contributed by atoms with van der Waals surface area (Å²) in [5.74, 6) is 1.65. The van der Waals surface area contributed by atoms with E-state index in [0.29, 0.717) is 18.2 Å². The third kappa shape index (κ3) is 2.66. The highest BCUT2D eigenvalue weighted by Crippen LogP contribution is 2.31. The number of aliphatic hydroxyl groups excluding tert-OH is 1. The summed E-state index contributed by atoms with van der Waals surface area (Å²) in [5.41, 5.74) is -0.00297. The molecule has 1 saturated heterocycles. The summed E-state index contributed by atoms with van der Waals surface area (Å²) in [6, 6.07) is 0. The van der Waals surface area contributed by atoms with Gasteiger partial charge in [-0.2, -0.15) is 11.8 Å². The van der Waals surface area contributed by atoms with Gasteiger partial charge >= 0.3 is 0 Å². The minimum absolute atomic E-state index is 0.00297. The van der Waals surface area contributed by atoms with Crippen molar-refractivity contribution in [2.45, 2.75) is 0 Å². The number of thioether (sulfide) groups is 1. The van der Waals surface area contributed by atoms with Gasteiger partial charge in [0, 0.05) is 22.0 Å². The van der Waals surface area contributed by atoms with Crippen LogP contribution in [-0.2, 0) is 4.74 Å². The average Bonchev–Trinajstić information content (AvgIpc) is 1.94. The lowest BCUT2D eigenvalue weighted by Gasteiger charge is -2.39. The lowest BCUT2D eigenvalue weighted by Crippen LogP contribution is -2.47. The van der Waals surface area contributed by atoms with Crippen molar-refractivity contribution in [1.82, 2.24) is 0 Å². The fourth-order valence-electron chi connectivity index (χ4n) is 0.989. The van der Waals surface area contributed by atoms with Gasteiger partial charge in [0.25, 0.3) is 0 Å². The summed E-state index contributed by atoms with van der Waals surface area (Å²) in [6.07, 6.45) is 0. The fourth-order valence-corrected chi connectivity index (χ4v) is 2.24. The Morgan fingerprint density at radius 3 is 2.67 bits per heavy atom. The quantitative estimate of drug-likeness (QED) is 0.743. The normalized spacial score (nSPS) is 20.2. The molecule has 4 heteroatoms. The van der Waals surface area contributed by atoms with E-state index in [2.05, 4.69) is 6.58 Å². The molecule has 1 N–H and O–H groups in total. The number of aliphatic hydroxyl groups is 1. The molecule has 0 bridgehead atoms. The van der Waals surface area contributed by atoms with E-state index < -0.39 is 0 Å². The second-order valence-corrected chi connectivity index (χ2v) is 4.68. The maximum Gasteiger partial charge on any atom is 0.0575 e. The molecule has 0 spiro atoms. The first-order chi connectivity index (χ1) is 5.68. The number of rotatable bonds is 5. The molecular weight excluding hydrogens is 196 g/mol. The summed E-state index contributed by atoms with van der Waals surface area (Å²) >= 11 is 7.30. The van der Waals surface area contributed by atoms with Crippen molar-refractivity contribution in [3.8, 4) is 0 Å². The highest BCUT2D eigenvalue weighted by Gasteiger charge is 2.37. The topological polar surface area (TPSA) is 29.5 Å². The van der Waals surface area contributed by atoms with Crippen LogP contribution in [0, 0.1) is 5.41 Å². The Bertz CT molecular complexity index is 163. The van der Waals surface area contributed by atoms with Crippen molar-refractivity contribution in [3.63, 3.8) is 0 Å². The molecule has 1 rings (SSSR count). The van der Waals surface area contributed by atoms with Crippen LogP contribution in [0.2, 0.25) is 0 Å². The Labute approximate surface area is 81.9 Å². The highest BCUT2D eigenvalue weighted by atomic mass is 35.5. The van der Waals surface area contributed by atoms with Crippen molar-refractivity contribution in [3.05, 3.63) is 11.6 Å². The summed E-state index contributed by atoms with van der Waals surface area (Å²) < 4.78 is 5.06. The molecule has 1 fully saturated rings. The minimum atomic E-state index is -0.00297. The van der Waals surface area contributed by atoms with Crippen LogP contribution < -0.4 is 0 Å². The summed E-state index contributed by atoms with van der Waals surface area (Å²) in [6.45, 7) is 5.14. The average molecular weight is 209 g/mol. The molecule has 0 aromatic heterocycles. The number of ether oxygens (including phenoxy) is 1. The molecule has 0 atom stereocenters. The van der Waals surface area contributed by atoms with Gasteiger partial charge in [0.15, 0.2) is 0 Å². The molecule has 1 aliphatic rings. The Morgan fingerprint density at radius 2 is 2.33 bits per heavy atom. The van der Waals surface area contributed by atoms with Gasteiger partial charge in [-0.3, -0.25) is 0 Å². The first kappa shape index (κ1) is 10.4. The van der Waals surface area contributed by atoms with E-state index in [9.17, 15) is 0 Å². The van der Waals surface area contributed by atoms with Gasteiger partial charge in [-0.05, 0) is 0 Å². The Kier molecular flexibility index (Phi) is 3.90. The maximum atomic E-state index is 9.05. The first-order valence-corrected chi connectivity index (χ1v) is 5.31. The van der Waals surface area contributed by atoms with Gasteiger partial charge in [0.2, 0.25) is 0 Å². The van der Waals surface area contributed by atoms with Crippen molar-refractivity contribution < 1.29 is 9.84 Å². The summed E-state index contributed by atoms with van der Waals surface area (Å²) in [5, 5.41) is 9.71. The predicted molar refractivity (Wildman–Crippen MR) is 52.7 cm³/mol. The van der Waals surface area contributed by atoms with Crippen molar-refractivity contribution in [2.75, 3.05) is 31.3 Å². The van der Waals surface area contributed by atoms with Crippen molar-refractivity contribution >= 4 is 23.4 Å². The lowest BCUT2D eigenvalue weighted by atomic mass is 9.90. The molecule has 0 aliphatic carbocycles. The van der Waals surface area contributed by atoms with Crippen LogP contribution in [0.5, 0.6) is 0 Å². The maximum absolute atomic E-state index is 9.05. The molecular formula is C8H13ClO2S. The van der Waals surface area contributed by atoms with Gasteiger partial charge in [0.05, 0.1) is 19.8 Å². The third-order valence-electron chi connectivity index (χ3n) is 1.82. The van der Waals surface area contributed by atoms with E-state index in [0.717, 1.165) is 11.5 Å². The molecule has 2 nitrogen and oxygen atoms in total. The van der Waals surface area contributed by atoms with Gasteiger partial charge in [-0.15, -0.1) is 0 Å². The zero-order chi connectivity index (χ0) is 9.03. The molecule has 1 heterocycles. The molecule has 1 aliphatic heterocycles. The van der Waals surface area contributed by atoms with Crippen LogP contribution >= 0.6 is 23.4 Å². The van der Waals surface area contributed by atoms with Gasteiger partial charge < -0.3 is 9.84 Å². The standard InChI is InChI=1S/C8H13ClO2S/c1-7(9)2-12-6-8(3-10)4-11-5-8/h10H,1-6H2. The minimum Gasteiger partial charge on any atom is -0.396 e. The second-order valence-electron chi connectivity index (χ2n) is 3.16. The summed E-state index contributed by atoms with van der Waals surface area (Å²) in [4.78, 5) is 0. The van der Waals surface area contributed by atoms with Crippen LogP contribution in [-0.4, -0.2) is 36.4 Å². The molecule has 0 amide bonds. The Balaban J connectivity index is 2.16. The van der Waals surface area contributed by atoms with E-state index in [-0.39, 0.29) is 12.0 Å². The molecule has 0 saturated carbocycles. The Hall–Kier alpha value is 0.300. The molecule has 12 heavy (non-hydrogen) atoms. The van der Waals surface area contributed by atoms with E-state index in [1.54, 1.807) is 11.8 Å². The number of halogens is 1. The number of hydrogen-bond donors (Lipinski definition) is 1. The van der Waals surface area contributed by atoms with Crippen LogP contribution in [0.1, 0.15) is 0 Å². The lowest BCUT2D eigenvalue weighted by molar-refractivity contribution is -0.121. The van der Waals surface area contributed by atoms with Crippen LogP contribution in [0.4, 0.5) is 0 Å². The molecule has 0 aromatic carbocycles. The highest BCUT2D eigenvalue weighted by molar-refractivity contribution is 7.99. The van der Waals surface area contributed by atoms with Gasteiger partial charge in [0.1, 0.15) is 0 Å². The monoisotopic (exact) mass is 208 g/mol. The second kappa shape index (κ2) is 4.51.